The van der Waals surface area contributed by atoms with Crippen molar-refractivity contribution in [2.75, 3.05) is 12.4 Å². The lowest BCUT2D eigenvalue weighted by Crippen LogP contribution is -2.31. The molecule has 11 nitrogen and oxygen atoms in total. The summed E-state index contributed by atoms with van der Waals surface area (Å²) in [6.45, 7) is 1.30. The van der Waals surface area contributed by atoms with Crippen LogP contribution in [-0.4, -0.2) is 66.4 Å². The van der Waals surface area contributed by atoms with Gasteiger partial charge in [-0.3, -0.25) is 14.7 Å². The first kappa shape index (κ1) is 15.6. The van der Waals surface area contributed by atoms with Crippen molar-refractivity contribution in [1.82, 2.24) is 19.5 Å². The summed E-state index contributed by atoms with van der Waals surface area (Å²) in [5.74, 6) is -0.274. The van der Waals surface area contributed by atoms with Crippen LogP contribution in [0.25, 0.3) is 11.2 Å². The van der Waals surface area contributed by atoms with E-state index in [-0.39, 0.29) is 28.9 Å². The first-order valence-electron chi connectivity index (χ1n) is 6.68. The summed E-state index contributed by atoms with van der Waals surface area (Å²) < 4.78 is 11.6. The van der Waals surface area contributed by atoms with E-state index in [0.717, 1.165) is 0 Å². The van der Waals surface area contributed by atoms with E-state index < -0.39 is 24.7 Å². The summed E-state index contributed by atoms with van der Waals surface area (Å²) in [5.41, 5.74) is 0.472. The highest BCUT2D eigenvalue weighted by Gasteiger charge is 2.43. The zero-order valence-electron chi connectivity index (χ0n) is 12.2. The van der Waals surface area contributed by atoms with E-state index in [4.69, 9.17) is 9.47 Å². The molecule has 11 heteroatoms. The van der Waals surface area contributed by atoms with Crippen molar-refractivity contribution >= 4 is 23.0 Å². The number of nitrogens with one attached hydrogen (secondary N) is 1. The second-order valence-corrected chi connectivity index (χ2v) is 4.96. The van der Waals surface area contributed by atoms with Gasteiger partial charge < -0.3 is 24.8 Å². The van der Waals surface area contributed by atoms with Crippen LogP contribution in [0.3, 0.4) is 0 Å². The van der Waals surface area contributed by atoms with E-state index in [9.17, 15) is 20.1 Å². The molecule has 1 unspecified atom stereocenters. The summed E-state index contributed by atoms with van der Waals surface area (Å²) >= 11 is 0. The second kappa shape index (κ2) is 5.70. The lowest BCUT2D eigenvalue weighted by molar-refractivity contribution is -0.141. The normalized spacial score (nSPS) is 27.3. The maximum Gasteiger partial charge on any atom is 0.246 e. The highest BCUT2D eigenvalue weighted by Crippen LogP contribution is 2.32. The fraction of sp³-hybridized carbons (Fsp3) is 0.500. The first-order chi connectivity index (χ1) is 10.9. The summed E-state index contributed by atoms with van der Waals surface area (Å²) in [6, 6.07) is 0. The number of hydrogen-bond donors (Lipinski definition) is 4. The molecule has 124 valence electrons. The second-order valence-electron chi connectivity index (χ2n) is 4.96. The fourth-order valence-corrected chi connectivity index (χ4v) is 2.30. The average molecular weight is 325 g/mol. The maximum absolute atomic E-state index is 11.2. The van der Waals surface area contributed by atoms with Crippen molar-refractivity contribution in [1.29, 1.82) is 0 Å². The van der Waals surface area contributed by atoms with Crippen molar-refractivity contribution in [2.45, 2.75) is 31.6 Å². The van der Waals surface area contributed by atoms with Gasteiger partial charge in [0, 0.05) is 6.92 Å². The number of amides is 1. The number of aliphatic hydroxyl groups excluding tert-OH is 3. The summed E-state index contributed by atoms with van der Waals surface area (Å²) in [4.78, 5) is 23.4. The molecule has 4 N–H and O–H groups in total. The molecule has 23 heavy (non-hydrogen) atoms. The van der Waals surface area contributed by atoms with Gasteiger partial charge in [0.2, 0.25) is 17.7 Å². The third-order valence-corrected chi connectivity index (χ3v) is 3.36. The molecule has 3 heterocycles. The number of methoxy groups -OCH3 is 1. The minimum absolute atomic E-state index is 0.0165. The number of imidazole rings is 1. The van der Waals surface area contributed by atoms with Gasteiger partial charge in [-0.05, 0) is 0 Å². The number of aliphatic hydroxyl groups is 3. The first-order valence-corrected chi connectivity index (χ1v) is 6.68. The van der Waals surface area contributed by atoms with Gasteiger partial charge in [0.25, 0.3) is 0 Å². The van der Waals surface area contributed by atoms with Crippen LogP contribution in [0.15, 0.2) is 6.33 Å². The van der Waals surface area contributed by atoms with Gasteiger partial charge in [0.05, 0.1) is 13.4 Å². The van der Waals surface area contributed by atoms with Gasteiger partial charge in [0.15, 0.2) is 23.7 Å². The number of nitrogens with zero attached hydrogens (tertiary/aromatic N) is 4. The SMILES string of the molecule is COc1nc(NC(C)=O)nc2c1ncn2C1O[C@H](O)[C@@H](O)[C@H]1O. The molecule has 0 bridgehead atoms. The van der Waals surface area contributed by atoms with Crippen molar-refractivity contribution in [3.8, 4) is 5.88 Å². The van der Waals surface area contributed by atoms with Gasteiger partial charge >= 0.3 is 0 Å². The lowest BCUT2D eigenvalue weighted by Gasteiger charge is -2.16. The maximum atomic E-state index is 11.2. The van der Waals surface area contributed by atoms with Gasteiger partial charge in [-0.15, -0.1) is 0 Å². The lowest BCUT2D eigenvalue weighted by atomic mass is 10.2. The van der Waals surface area contributed by atoms with E-state index in [1.807, 2.05) is 0 Å². The monoisotopic (exact) mass is 325 g/mol. The van der Waals surface area contributed by atoms with E-state index in [2.05, 4.69) is 20.3 Å². The van der Waals surface area contributed by atoms with Crippen LogP contribution in [0.2, 0.25) is 0 Å². The number of ether oxygens (including phenoxy) is 2. The molecule has 0 radical (unpaired) electrons. The van der Waals surface area contributed by atoms with Gasteiger partial charge in [-0.1, -0.05) is 0 Å². The molecule has 1 saturated heterocycles. The molecule has 1 amide bonds. The van der Waals surface area contributed by atoms with Crippen molar-refractivity contribution in [3.05, 3.63) is 6.33 Å². The van der Waals surface area contributed by atoms with Crippen molar-refractivity contribution in [2.24, 2.45) is 0 Å². The largest absolute Gasteiger partial charge is 0.479 e. The predicted octanol–water partition coefficient (Wildman–Crippen LogP) is -1.64. The quantitative estimate of drug-likeness (QED) is 0.520. The Hall–Kier alpha value is -2.34. The number of fused-ring (bicyclic) bond motifs is 1. The Morgan fingerprint density at radius 2 is 2.09 bits per heavy atom. The van der Waals surface area contributed by atoms with Gasteiger partial charge in [-0.2, -0.15) is 9.97 Å². The Morgan fingerprint density at radius 3 is 2.65 bits per heavy atom. The molecule has 0 aliphatic carbocycles. The standard InChI is InChI=1S/C12H15N5O6/c1-4(18)14-12-15-8-5(9(16-12)22-2)13-3-17(8)10-6(19)7(20)11(21)23-10/h3,6-7,10-11,19-21H,1-2H3,(H,14,15,16,18)/t6-,7+,10?,11+/m1/s1. The van der Waals surface area contributed by atoms with E-state index in [1.165, 1.54) is 24.9 Å². The highest BCUT2D eigenvalue weighted by molar-refractivity contribution is 5.88. The summed E-state index contributed by atoms with van der Waals surface area (Å²) in [7, 11) is 1.38. The molecule has 1 fully saturated rings. The molecule has 0 spiro atoms. The minimum Gasteiger partial charge on any atom is -0.479 e. The Kier molecular flexibility index (Phi) is 3.85. The summed E-state index contributed by atoms with van der Waals surface area (Å²) in [6.07, 6.45) is -4.18. The number of aromatic nitrogens is 4. The average Bonchev–Trinajstić information content (AvgIpc) is 3.02. The Balaban J connectivity index is 2.10. The molecule has 2 aromatic rings. The summed E-state index contributed by atoms with van der Waals surface area (Å²) in [5, 5.41) is 31.5. The molecule has 4 atom stereocenters. The minimum atomic E-state index is -1.54. The highest BCUT2D eigenvalue weighted by atomic mass is 16.7. The topological polar surface area (TPSA) is 152 Å². The van der Waals surface area contributed by atoms with Crippen LogP contribution in [0, 0.1) is 0 Å². The zero-order valence-corrected chi connectivity index (χ0v) is 12.2. The Bertz CT molecular complexity index is 749. The van der Waals surface area contributed by atoms with Gasteiger partial charge in [-0.25, -0.2) is 4.98 Å². The number of hydrogen-bond acceptors (Lipinski definition) is 9. The third-order valence-electron chi connectivity index (χ3n) is 3.36. The zero-order chi connectivity index (χ0) is 16.7. The molecule has 2 aromatic heterocycles. The number of carbonyl (C=O) groups excluding carboxylic acids is 1. The predicted molar refractivity (Wildman–Crippen MR) is 74.3 cm³/mol. The van der Waals surface area contributed by atoms with E-state index in [0.29, 0.717) is 0 Å². The van der Waals surface area contributed by atoms with Crippen molar-refractivity contribution in [3.63, 3.8) is 0 Å². The fourth-order valence-electron chi connectivity index (χ4n) is 2.30. The van der Waals surface area contributed by atoms with Crippen LogP contribution < -0.4 is 10.1 Å². The smallest absolute Gasteiger partial charge is 0.246 e. The van der Waals surface area contributed by atoms with Crippen molar-refractivity contribution < 1.29 is 29.6 Å². The third kappa shape index (κ3) is 2.59. The molecule has 1 aliphatic rings. The molecule has 0 saturated carbocycles. The number of carbonyl (C=O) groups is 1. The Morgan fingerprint density at radius 1 is 1.35 bits per heavy atom. The molecule has 1 aliphatic heterocycles. The number of anilines is 1. The van der Waals surface area contributed by atoms with Crippen LogP contribution in [0.5, 0.6) is 5.88 Å². The molecule has 3 rings (SSSR count). The van der Waals surface area contributed by atoms with Crippen LogP contribution in [-0.2, 0) is 9.53 Å². The van der Waals surface area contributed by atoms with Gasteiger partial charge in [0.1, 0.15) is 12.2 Å². The van der Waals surface area contributed by atoms with Crippen LogP contribution in [0.4, 0.5) is 5.95 Å². The molecular formula is C12H15N5O6. The van der Waals surface area contributed by atoms with E-state index >= 15 is 0 Å². The van der Waals surface area contributed by atoms with Crippen LogP contribution in [0.1, 0.15) is 13.2 Å². The molecule has 0 aromatic carbocycles. The Labute approximate surface area is 129 Å². The van der Waals surface area contributed by atoms with E-state index in [1.54, 1.807) is 0 Å². The van der Waals surface area contributed by atoms with Crippen LogP contribution >= 0.6 is 0 Å². The number of rotatable bonds is 3. The molecular weight excluding hydrogens is 310 g/mol.